The molecule has 0 aliphatic heterocycles. The zero-order valence-electron chi connectivity index (χ0n) is 12.9. The molecule has 1 aromatic carbocycles. The van der Waals surface area contributed by atoms with E-state index in [4.69, 9.17) is 5.73 Å². The predicted molar refractivity (Wildman–Crippen MR) is 86.9 cm³/mol. The van der Waals surface area contributed by atoms with Crippen LogP contribution in [-0.2, 0) is 19.9 Å². The van der Waals surface area contributed by atoms with E-state index >= 15 is 0 Å². The first-order chi connectivity index (χ1) is 10.3. The summed E-state index contributed by atoms with van der Waals surface area (Å²) < 4.78 is 51.0. The molecular weight excluding hydrogens is 324 g/mol. The van der Waals surface area contributed by atoms with Gasteiger partial charge >= 0.3 is 0 Å². The van der Waals surface area contributed by atoms with Crippen LogP contribution in [0.5, 0.6) is 0 Å². The van der Waals surface area contributed by atoms with Gasteiger partial charge < -0.3 is 5.73 Å². The highest BCUT2D eigenvalue weighted by atomic mass is 32.2. The van der Waals surface area contributed by atoms with Crippen LogP contribution in [0.1, 0.15) is 33.1 Å². The maximum atomic E-state index is 12.4. The van der Waals surface area contributed by atoms with Crippen LogP contribution in [0, 0.1) is 0 Å². The number of nitrogens with one attached hydrogen (secondary N) is 1. The zero-order chi connectivity index (χ0) is 16.8. The summed E-state index contributed by atoms with van der Waals surface area (Å²) in [6, 6.07) is 5.05. The number of benzene rings is 1. The lowest BCUT2D eigenvalue weighted by atomic mass is 10.1. The molecule has 1 atom stereocenters. The van der Waals surface area contributed by atoms with Gasteiger partial charge in [-0.3, -0.25) is 0 Å². The molecule has 126 valence electrons. The van der Waals surface area contributed by atoms with Crippen molar-refractivity contribution in [2.45, 2.75) is 48.9 Å². The van der Waals surface area contributed by atoms with Crippen molar-refractivity contribution >= 4 is 19.9 Å². The molecule has 0 bridgehead atoms. The Balaban J connectivity index is 3.05. The van der Waals surface area contributed by atoms with Crippen LogP contribution in [0.2, 0.25) is 0 Å². The van der Waals surface area contributed by atoms with Crippen LogP contribution in [0.3, 0.4) is 0 Å². The van der Waals surface area contributed by atoms with Gasteiger partial charge in [-0.15, -0.1) is 0 Å². The first-order valence-electron chi connectivity index (χ1n) is 7.32. The van der Waals surface area contributed by atoms with E-state index in [1.165, 1.54) is 31.2 Å². The molecule has 0 spiro atoms. The van der Waals surface area contributed by atoms with E-state index in [0.717, 1.165) is 12.8 Å². The van der Waals surface area contributed by atoms with Crippen molar-refractivity contribution in [1.82, 2.24) is 4.72 Å². The Morgan fingerprint density at radius 1 is 1.14 bits per heavy atom. The summed E-state index contributed by atoms with van der Waals surface area (Å²) in [7, 11) is -7.23. The van der Waals surface area contributed by atoms with Crippen molar-refractivity contribution in [2.75, 3.05) is 12.3 Å². The Labute approximate surface area is 133 Å². The van der Waals surface area contributed by atoms with Crippen molar-refractivity contribution in [3.8, 4) is 0 Å². The second-order valence-electron chi connectivity index (χ2n) is 5.07. The van der Waals surface area contributed by atoms with Crippen LogP contribution in [-0.4, -0.2) is 35.2 Å². The zero-order valence-corrected chi connectivity index (χ0v) is 14.6. The van der Waals surface area contributed by atoms with E-state index in [0.29, 0.717) is 6.42 Å². The molecule has 0 fully saturated rings. The van der Waals surface area contributed by atoms with Crippen molar-refractivity contribution in [3.63, 3.8) is 0 Å². The van der Waals surface area contributed by atoms with Crippen molar-refractivity contribution < 1.29 is 16.8 Å². The summed E-state index contributed by atoms with van der Waals surface area (Å²) in [5, 5.41) is 0. The van der Waals surface area contributed by atoms with Crippen LogP contribution in [0.25, 0.3) is 0 Å². The van der Waals surface area contributed by atoms with Gasteiger partial charge in [0.1, 0.15) is 0 Å². The summed E-state index contributed by atoms with van der Waals surface area (Å²) >= 11 is 0. The van der Waals surface area contributed by atoms with Gasteiger partial charge in [0.2, 0.25) is 10.0 Å². The van der Waals surface area contributed by atoms with Crippen molar-refractivity contribution in [3.05, 3.63) is 24.3 Å². The predicted octanol–water partition coefficient (Wildman–Crippen LogP) is 1.28. The molecule has 1 rings (SSSR count). The van der Waals surface area contributed by atoms with Crippen LogP contribution >= 0.6 is 0 Å². The van der Waals surface area contributed by atoms with Crippen LogP contribution < -0.4 is 10.5 Å². The standard InChI is InChI=1S/C14H24N2O4S2/c1-3-5-7-12(11-15)16-22(19,20)14-9-6-8-13(10-14)21(17,18)4-2/h6,8-10,12,16H,3-5,7,11,15H2,1-2H3. The molecule has 22 heavy (non-hydrogen) atoms. The van der Waals surface area contributed by atoms with E-state index in [1.54, 1.807) is 0 Å². The molecule has 0 aliphatic carbocycles. The molecule has 0 heterocycles. The summed E-state index contributed by atoms with van der Waals surface area (Å²) in [5.74, 6) is -0.0775. The van der Waals surface area contributed by atoms with Gasteiger partial charge in [0.25, 0.3) is 0 Å². The summed E-state index contributed by atoms with van der Waals surface area (Å²) in [6.45, 7) is 3.73. The number of nitrogens with two attached hydrogens (primary N) is 1. The largest absolute Gasteiger partial charge is 0.329 e. The minimum atomic E-state index is -3.79. The molecule has 1 aromatic rings. The molecule has 6 nitrogen and oxygen atoms in total. The van der Waals surface area contributed by atoms with Gasteiger partial charge in [0.05, 0.1) is 15.5 Å². The summed E-state index contributed by atoms with van der Waals surface area (Å²) in [6.07, 6.45) is 2.47. The average molecular weight is 348 g/mol. The molecule has 8 heteroatoms. The Bertz CT molecular complexity index is 685. The van der Waals surface area contributed by atoms with E-state index < -0.39 is 19.9 Å². The normalized spacial score (nSPS) is 14.0. The van der Waals surface area contributed by atoms with E-state index in [-0.39, 0.29) is 28.1 Å². The molecule has 0 radical (unpaired) electrons. The van der Waals surface area contributed by atoms with E-state index in [2.05, 4.69) is 4.72 Å². The van der Waals surface area contributed by atoms with Gasteiger partial charge in [-0.25, -0.2) is 21.6 Å². The molecule has 0 amide bonds. The molecule has 0 aliphatic rings. The maximum absolute atomic E-state index is 12.4. The third-order valence-corrected chi connectivity index (χ3v) is 6.62. The SMILES string of the molecule is CCCCC(CN)NS(=O)(=O)c1cccc(S(=O)(=O)CC)c1. The highest BCUT2D eigenvalue weighted by Gasteiger charge is 2.21. The highest BCUT2D eigenvalue weighted by molar-refractivity contribution is 7.91. The fraction of sp³-hybridized carbons (Fsp3) is 0.571. The fourth-order valence-electron chi connectivity index (χ4n) is 1.96. The fourth-order valence-corrected chi connectivity index (χ4v) is 4.29. The lowest BCUT2D eigenvalue weighted by Crippen LogP contribution is -2.40. The Hall–Kier alpha value is -0.960. The first-order valence-corrected chi connectivity index (χ1v) is 10.5. The van der Waals surface area contributed by atoms with Crippen molar-refractivity contribution in [2.24, 2.45) is 5.73 Å². The molecule has 0 saturated heterocycles. The van der Waals surface area contributed by atoms with Gasteiger partial charge in [0.15, 0.2) is 9.84 Å². The molecule has 0 saturated carbocycles. The number of sulfone groups is 1. The Kier molecular flexibility index (Phi) is 6.98. The lowest BCUT2D eigenvalue weighted by molar-refractivity contribution is 0.516. The van der Waals surface area contributed by atoms with Crippen LogP contribution in [0.15, 0.2) is 34.1 Å². The Morgan fingerprint density at radius 3 is 2.32 bits per heavy atom. The molecular formula is C14H24N2O4S2. The quantitative estimate of drug-likeness (QED) is 0.699. The second-order valence-corrected chi connectivity index (χ2v) is 9.07. The van der Waals surface area contributed by atoms with E-state index in [1.807, 2.05) is 6.92 Å². The monoisotopic (exact) mass is 348 g/mol. The summed E-state index contributed by atoms with van der Waals surface area (Å²) in [5.41, 5.74) is 5.60. The maximum Gasteiger partial charge on any atom is 0.240 e. The number of rotatable bonds is 9. The Morgan fingerprint density at radius 2 is 1.77 bits per heavy atom. The van der Waals surface area contributed by atoms with Gasteiger partial charge in [-0.05, 0) is 24.6 Å². The van der Waals surface area contributed by atoms with E-state index in [9.17, 15) is 16.8 Å². The number of unbranched alkanes of at least 4 members (excludes halogenated alkanes) is 1. The highest BCUT2D eigenvalue weighted by Crippen LogP contribution is 2.17. The van der Waals surface area contributed by atoms with Crippen molar-refractivity contribution in [1.29, 1.82) is 0 Å². The smallest absolute Gasteiger partial charge is 0.240 e. The minimum absolute atomic E-state index is 0.00994. The summed E-state index contributed by atoms with van der Waals surface area (Å²) in [4.78, 5) is -0.0484. The lowest BCUT2D eigenvalue weighted by Gasteiger charge is -2.17. The van der Waals surface area contributed by atoms with Gasteiger partial charge in [0, 0.05) is 12.6 Å². The first kappa shape index (κ1) is 19.1. The number of hydrogen-bond donors (Lipinski definition) is 2. The number of sulfonamides is 1. The van der Waals surface area contributed by atoms with Crippen LogP contribution in [0.4, 0.5) is 0 Å². The van der Waals surface area contributed by atoms with Gasteiger partial charge in [-0.1, -0.05) is 32.8 Å². The molecule has 0 aromatic heterocycles. The topological polar surface area (TPSA) is 106 Å². The molecule has 3 N–H and O–H groups in total. The molecule has 1 unspecified atom stereocenters. The number of hydrogen-bond acceptors (Lipinski definition) is 5. The van der Waals surface area contributed by atoms with Gasteiger partial charge in [-0.2, -0.15) is 0 Å². The third-order valence-electron chi connectivity index (χ3n) is 3.37. The minimum Gasteiger partial charge on any atom is -0.329 e. The second kappa shape index (κ2) is 8.05. The average Bonchev–Trinajstić information content (AvgIpc) is 2.51. The third kappa shape index (κ3) is 5.05.